The van der Waals surface area contributed by atoms with Crippen LogP contribution < -0.4 is 16.0 Å². The third-order valence-electron chi connectivity index (χ3n) is 3.56. The molecule has 1 saturated carbocycles. The maximum Gasteiger partial charge on any atom is 0.287 e. The van der Waals surface area contributed by atoms with Crippen LogP contribution in [0.3, 0.4) is 0 Å². The van der Waals surface area contributed by atoms with Gasteiger partial charge in [0.05, 0.1) is 6.26 Å². The number of hydrogen-bond donors (Lipinski definition) is 3. The second-order valence-electron chi connectivity index (χ2n) is 5.79. The second kappa shape index (κ2) is 10.7. The van der Waals surface area contributed by atoms with Gasteiger partial charge in [-0.2, -0.15) is 0 Å². The van der Waals surface area contributed by atoms with Gasteiger partial charge in [-0.1, -0.05) is 0 Å². The fraction of sp³-hybridized carbons (Fsp3) is 0.647. The Morgan fingerprint density at radius 2 is 2.17 bits per heavy atom. The largest absolute Gasteiger partial charge is 0.459 e. The standard InChI is InChI=1S/C17H28N4O3/c1-2-18-17(20-8-4-11-23-13-14-6-7-14)21-10-9-19-16(22)15-5-3-12-24-15/h3,5,12,14H,2,4,6-11,13H2,1H3,(H,19,22)(H2,18,20,21). The molecule has 7 nitrogen and oxygen atoms in total. The van der Waals surface area contributed by atoms with Crippen LogP contribution >= 0.6 is 0 Å². The van der Waals surface area contributed by atoms with E-state index in [0.29, 0.717) is 18.8 Å². The van der Waals surface area contributed by atoms with Crippen molar-refractivity contribution in [2.45, 2.75) is 26.2 Å². The van der Waals surface area contributed by atoms with E-state index < -0.39 is 0 Å². The van der Waals surface area contributed by atoms with E-state index >= 15 is 0 Å². The smallest absolute Gasteiger partial charge is 0.287 e. The Morgan fingerprint density at radius 3 is 2.88 bits per heavy atom. The van der Waals surface area contributed by atoms with Crippen LogP contribution in [0, 0.1) is 5.92 Å². The topological polar surface area (TPSA) is 87.9 Å². The summed E-state index contributed by atoms with van der Waals surface area (Å²) in [5.41, 5.74) is 0. The van der Waals surface area contributed by atoms with Gasteiger partial charge in [-0.25, -0.2) is 0 Å². The first-order valence-electron chi connectivity index (χ1n) is 8.71. The van der Waals surface area contributed by atoms with Gasteiger partial charge in [0.2, 0.25) is 0 Å². The first-order valence-corrected chi connectivity index (χ1v) is 8.71. The third-order valence-corrected chi connectivity index (χ3v) is 3.56. The van der Waals surface area contributed by atoms with Crippen molar-refractivity contribution in [2.75, 3.05) is 39.4 Å². The van der Waals surface area contributed by atoms with Gasteiger partial charge in [-0.05, 0) is 44.2 Å². The number of nitrogens with one attached hydrogen (secondary N) is 3. The van der Waals surface area contributed by atoms with E-state index in [2.05, 4.69) is 20.9 Å². The average Bonchev–Trinajstić information content (AvgIpc) is 3.24. The highest BCUT2D eigenvalue weighted by molar-refractivity contribution is 5.91. The fourth-order valence-corrected chi connectivity index (χ4v) is 2.09. The monoisotopic (exact) mass is 336 g/mol. The summed E-state index contributed by atoms with van der Waals surface area (Å²) in [5.74, 6) is 1.68. The van der Waals surface area contributed by atoms with Gasteiger partial charge in [0.25, 0.3) is 5.91 Å². The summed E-state index contributed by atoms with van der Waals surface area (Å²) >= 11 is 0. The summed E-state index contributed by atoms with van der Waals surface area (Å²) < 4.78 is 10.6. The normalized spacial score (nSPS) is 14.5. The van der Waals surface area contributed by atoms with Crippen LogP contribution in [-0.2, 0) is 4.74 Å². The molecule has 1 heterocycles. The molecule has 0 atom stereocenters. The molecule has 1 aromatic rings. The molecule has 0 saturated heterocycles. The molecule has 0 unspecified atom stereocenters. The minimum atomic E-state index is -0.212. The summed E-state index contributed by atoms with van der Waals surface area (Å²) in [6.07, 6.45) is 5.04. The molecule has 0 spiro atoms. The Bertz CT molecular complexity index is 498. The van der Waals surface area contributed by atoms with Crippen molar-refractivity contribution in [2.24, 2.45) is 10.9 Å². The van der Waals surface area contributed by atoms with Crippen molar-refractivity contribution in [3.63, 3.8) is 0 Å². The van der Waals surface area contributed by atoms with E-state index in [4.69, 9.17) is 9.15 Å². The van der Waals surface area contributed by atoms with Gasteiger partial charge in [-0.3, -0.25) is 9.79 Å². The fourth-order valence-electron chi connectivity index (χ4n) is 2.09. The molecule has 1 aliphatic rings. The van der Waals surface area contributed by atoms with Crippen LogP contribution in [0.2, 0.25) is 0 Å². The second-order valence-corrected chi connectivity index (χ2v) is 5.79. The molecular formula is C17H28N4O3. The molecule has 0 aliphatic heterocycles. The minimum Gasteiger partial charge on any atom is -0.459 e. The predicted molar refractivity (Wildman–Crippen MR) is 93.2 cm³/mol. The van der Waals surface area contributed by atoms with Crippen molar-refractivity contribution in [1.29, 1.82) is 0 Å². The number of carbonyl (C=O) groups is 1. The van der Waals surface area contributed by atoms with Crippen LogP contribution in [0.15, 0.2) is 27.8 Å². The van der Waals surface area contributed by atoms with Gasteiger partial charge in [-0.15, -0.1) is 0 Å². The van der Waals surface area contributed by atoms with E-state index in [1.165, 1.54) is 19.1 Å². The Labute approximate surface area is 143 Å². The summed E-state index contributed by atoms with van der Waals surface area (Å²) in [6, 6.07) is 3.33. The van der Waals surface area contributed by atoms with Crippen molar-refractivity contribution in [1.82, 2.24) is 16.0 Å². The zero-order valence-corrected chi connectivity index (χ0v) is 14.3. The SMILES string of the molecule is CCNC(=NCCCOCC1CC1)NCCNC(=O)c1ccco1. The average molecular weight is 336 g/mol. The van der Waals surface area contributed by atoms with E-state index in [-0.39, 0.29) is 5.91 Å². The Kier molecular flexibility index (Phi) is 8.17. The summed E-state index contributed by atoms with van der Waals surface area (Å²) in [4.78, 5) is 16.2. The number of aliphatic imine (C=N–C) groups is 1. The van der Waals surface area contributed by atoms with Crippen molar-refractivity contribution >= 4 is 11.9 Å². The maximum absolute atomic E-state index is 11.7. The van der Waals surface area contributed by atoms with E-state index in [0.717, 1.165) is 44.6 Å². The highest BCUT2D eigenvalue weighted by atomic mass is 16.5. The van der Waals surface area contributed by atoms with Crippen LogP contribution in [0.25, 0.3) is 0 Å². The molecule has 0 radical (unpaired) electrons. The highest BCUT2D eigenvalue weighted by Crippen LogP contribution is 2.28. The molecule has 2 rings (SSSR count). The molecule has 7 heteroatoms. The predicted octanol–water partition coefficient (Wildman–Crippen LogP) is 1.38. The zero-order chi connectivity index (χ0) is 17.0. The number of nitrogens with zero attached hydrogens (tertiary/aromatic N) is 1. The summed E-state index contributed by atoms with van der Waals surface area (Å²) in [7, 11) is 0. The first-order chi connectivity index (χ1) is 11.8. The lowest BCUT2D eigenvalue weighted by atomic mass is 10.4. The third kappa shape index (κ3) is 7.50. The van der Waals surface area contributed by atoms with Gasteiger partial charge in [0, 0.05) is 39.4 Å². The molecule has 3 N–H and O–H groups in total. The lowest BCUT2D eigenvalue weighted by molar-refractivity contribution is 0.0926. The summed E-state index contributed by atoms with van der Waals surface area (Å²) in [6.45, 7) is 6.29. The number of guanidine groups is 1. The van der Waals surface area contributed by atoms with E-state index in [1.807, 2.05) is 6.92 Å². The van der Waals surface area contributed by atoms with Gasteiger partial charge in [0.15, 0.2) is 11.7 Å². The molecule has 134 valence electrons. The Balaban J connectivity index is 1.55. The van der Waals surface area contributed by atoms with Crippen molar-refractivity contribution in [3.05, 3.63) is 24.2 Å². The van der Waals surface area contributed by atoms with Crippen molar-refractivity contribution in [3.8, 4) is 0 Å². The summed E-state index contributed by atoms with van der Waals surface area (Å²) in [5, 5.41) is 9.16. The van der Waals surface area contributed by atoms with Crippen molar-refractivity contribution < 1.29 is 13.9 Å². The van der Waals surface area contributed by atoms with Crippen LogP contribution in [0.4, 0.5) is 0 Å². The number of furan rings is 1. The van der Waals surface area contributed by atoms with Crippen LogP contribution in [-0.4, -0.2) is 51.3 Å². The lowest BCUT2D eigenvalue weighted by Gasteiger charge is -2.11. The minimum absolute atomic E-state index is 0.212. The molecule has 1 aliphatic carbocycles. The molecule has 1 fully saturated rings. The van der Waals surface area contributed by atoms with Gasteiger partial charge in [0.1, 0.15) is 0 Å². The number of rotatable bonds is 11. The van der Waals surface area contributed by atoms with Gasteiger partial charge >= 0.3 is 0 Å². The number of ether oxygens (including phenoxy) is 1. The highest BCUT2D eigenvalue weighted by Gasteiger charge is 2.20. The first kappa shape index (κ1) is 18.3. The number of carbonyl (C=O) groups excluding carboxylic acids is 1. The molecule has 1 aromatic heterocycles. The number of hydrogen-bond acceptors (Lipinski definition) is 4. The molecular weight excluding hydrogens is 308 g/mol. The van der Waals surface area contributed by atoms with E-state index in [9.17, 15) is 4.79 Å². The molecule has 1 amide bonds. The lowest BCUT2D eigenvalue weighted by Crippen LogP contribution is -2.41. The number of amides is 1. The molecule has 24 heavy (non-hydrogen) atoms. The van der Waals surface area contributed by atoms with Crippen LogP contribution in [0.5, 0.6) is 0 Å². The van der Waals surface area contributed by atoms with Crippen LogP contribution in [0.1, 0.15) is 36.7 Å². The Hall–Kier alpha value is -2.02. The van der Waals surface area contributed by atoms with Gasteiger partial charge < -0.3 is 25.1 Å². The molecule has 0 aromatic carbocycles. The maximum atomic E-state index is 11.7. The Morgan fingerprint density at radius 1 is 1.33 bits per heavy atom. The molecule has 0 bridgehead atoms. The van der Waals surface area contributed by atoms with E-state index in [1.54, 1.807) is 12.1 Å². The zero-order valence-electron chi connectivity index (χ0n) is 14.3. The quantitative estimate of drug-likeness (QED) is 0.323.